The van der Waals surface area contributed by atoms with Gasteiger partial charge in [0.1, 0.15) is 17.3 Å². The van der Waals surface area contributed by atoms with E-state index in [1.165, 1.54) is 16.9 Å². The van der Waals surface area contributed by atoms with Gasteiger partial charge >= 0.3 is 0 Å². The first kappa shape index (κ1) is 20.1. The van der Waals surface area contributed by atoms with Gasteiger partial charge in [-0.15, -0.1) is 0 Å². The summed E-state index contributed by atoms with van der Waals surface area (Å²) < 4.78 is 20.7. The third kappa shape index (κ3) is 4.60. The molecular weight excluding hydrogens is 375 g/mol. The van der Waals surface area contributed by atoms with Crippen molar-refractivity contribution in [1.29, 1.82) is 0 Å². The standard InChI is InChI=1S/C21H21FN4O3/c1-13-8-9-16(10-14(13)2)29-12-20(27)24-25-21(28)17-11-23-26(15(17)3)19-7-5-4-6-18(19)22/h4-11H,12H2,1-3H3,(H,24,27)(H,25,28). The number of nitrogens with zero attached hydrogens (tertiary/aromatic N) is 2. The van der Waals surface area contributed by atoms with Gasteiger partial charge in [0, 0.05) is 0 Å². The number of carbonyl (C=O) groups excluding carboxylic acids is 2. The SMILES string of the molecule is Cc1ccc(OCC(=O)NNC(=O)c2cnn(-c3ccccc3F)c2C)cc1C. The van der Waals surface area contributed by atoms with Gasteiger partial charge in [0.15, 0.2) is 6.61 Å². The number of aromatic nitrogens is 2. The van der Waals surface area contributed by atoms with Gasteiger partial charge in [0.25, 0.3) is 11.8 Å². The van der Waals surface area contributed by atoms with E-state index in [2.05, 4.69) is 16.0 Å². The van der Waals surface area contributed by atoms with E-state index >= 15 is 0 Å². The fourth-order valence-electron chi connectivity index (χ4n) is 2.68. The first-order chi connectivity index (χ1) is 13.9. The van der Waals surface area contributed by atoms with E-state index < -0.39 is 17.6 Å². The van der Waals surface area contributed by atoms with E-state index in [4.69, 9.17) is 4.74 Å². The van der Waals surface area contributed by atoms with Gasteiger partial charge in [0.2, 0.25) is 0 Å². The number of amides is 2. The molecule has 0 bridgehead atoms. The zero-order valence-corrected chi connectivity index (χ0v) is 16.3. The molecule has 29 heavy (non-hydrogen) atoms. The van der Waals surface area contributed by atoms with Crippen molar-refractivity contribution in [2.75, 3.05) is 6.61 Å². The number of benzene rings is 2. The molecule has 0 saturated carbocycles. The Morgan fingerprint density at radius 2 is 1.83 bits per heavy atom. The van der Waals surface area contributed by atoms with Crippen LogP contribution in [0.4, 0.5) is 4.39 Å². The third-order valence-corrected chi connectivity index (χ3v) is 4.50. The summed E-state index contributed by atoms with van der Waals surface area (Å²) in [5.74, 6) is -0.973. The van der Waals surface area contributed by atoms with Crippen LogP contribution in [0.2, 0.25) is 0 Å². The van der Waals surface area contributed by atoms with Crippen LogP contribution in [0.15, 0.2) is 48.7 Å². The smallest absolute Gasteiger partial charge is 0.276 e. The third-order valence-electron chi connectivity index (χ3n) is 4.50. The van der Waals surface area contributed by atoms with Crippen molar-refractivity contribution in [1.82, 2.24) is 20.6 Å². The molecule has 2 N–H and O–H groups in total. The van der Waals surface area contributed by atoms with Crippen LogP contribution >= 0.6 is 0 Å². The molecule has 150 valence electrons. The average molecular weight is 396 g/mol. The Hall–Kier alpha value is -3.68. The van der Waals surface area contributed by atoms with Crippen molar-refractivity contribution in [2.45, 2.75) is 20.8 Å². The summed E-state index contributed by atoms with van der Waals surface area (Å²) in [4.78, 5) is 24.3. The summed E-state index contributed by atoms with van der Waals surface area (Å²) >= 11 is 0. The number of rotatable bonds is 5. The highest BCUT2D eigenvalue weighted by Crippen LogP contribution is 2.17. The molecule has 0 aliphatic heterocycles. The van der Waals surface area contributed by atoms with Gasteiger partial charge in [-0.3, -0.25) is 20.4 Å². The summed E-state index contributed by atoms with van der Waals surface area (Å²) in [6, 6.07) is 11.6. The number of halogens is 1. The monoisotopic (exact) mass is 396 g/mol. The maximum Gasteiger partial charge on any atom is 0.276 e. The molecule has 0 fully saturated rings. The first-order valence-corrected chi connectivity index (χ1v) is 8.95. The van der Waals surface area contributed by atoms with Gasteiger partial charge in [-0.1, -0.05) is 18.2 Å². The van der Waals surface area contributed by atoms with E-state index in [1.54, 1.807) is 31.2 Å². The average Bonchev–Trinajstić information content (AvgIpc) is 3.08. The molecule has 0 radical (unpaired) electrons. The lowest BCUT2D eigenvalue weighted by Gasteiger charge is -2.10. The summed E-state index contributed by atoms with van der Waals surface area (Å²) in [7, 11) is 0. The highest BCUT2D eigenvalue weighted by Gasteiger charge is 2.17. The van der Waals surface area contributed by atoms with E-state index in [0.29, 0.717) is 11.4 Å². The van der Waals surface area contributed by atoms with Crippen molar-refractivity contribution in [3.63, 3.8) is 0 Å². The highest BCUT2D eigenvalue weighted by molar-refractivity contribution is 5.96. The van der Waals surface area contributed by atoms with Gasteiger partial charge in [-0.2, -0.15) is 5.10 Å². The first-order valence-electron chi connectivity index (χ1n) is 8.95. The molecule has 0 saturated heterocycles. The fourth-order valence-corrected chi connectivity index (χ4v) is 2.68. The fraction of sp³-hybridized carbons (Fsp3) is 0.190. The minimum atomic E-state index is -0.565. The molecule has 0 aliphatic rings. The molecular formula is C21H21FN4O3. The van der Waals surface area contributed by atoms with Gasteiger partial charge in [0.05, 0.1) is 17.5 Å². The normalized spacial score (nSPS) is 10.5. The van der Waals surface area contributed by atoms with Crippen LogP contribution in [0.5, 0.6) is 5.75 Å². The number of hydrogen-bond acceptors (Lipinski definition) is 4. The quantitative estimate of drug-likeness (QED) is 0.650. The molecule has 7 nitrogen and oxygen atoms in total. The lowest BCUT2D eigenvalue weighted by atomic mass is 10.1. The number of hydrazine groups is 1. The second-order valence-electron chi connectivity index (χ2n) is 6.54. The Kier molecular flexibility index (Phi) is 5.92. The number of carbonyl (C=O) groups is 2. The Bertz CT molecular complexity index is 1060. The topological polar surface area (TPSA) is 85.2 Å². The molecule has 1 heterocycles. The Labute approximate surface area is 167 Å². The Morgan fingerprint density at radius 3 is 2.55 bits per heavy atom. The van der Waals surface area contributed by atoms with Crippen molar-refractivity contribution < 1.29 is 18.7 Å². The van der Waals surface area contributed by atoms with Crippen LogP contribution in [0, 0.1) is 26.6 Å². The van der Waals surface area contributed by atoms with E-state index in [0.717, 1.165) is 11.1 Å². The maximum atomic E-state index is 14.0. The van der Waals surface area contributed by atoms with Crippen LogP contribution in [0.3, 0.4) is 0 Å². The zero-order chi connectivity index (χ0) is 21.0. The molecule has 8 heteroatoms. The van der Waals surface area contributed by atoms with Crippen molar-refractivity contribution in [3.8, 4) is 11.4 Å². The minimum Gasteiger partial charge on any atom is -0.484 e. The predicted octanol–water partition coefficient (Wildman–Crippen LogP) is 2.78. The van der Waals surface area contributed by atoms with E-state index in [-0.39, 0.29) is 17.9 Å². The number of hydrogen-bond donors (Lipinski definition) is 2. The molecule has 0 atom stereocenters. The second kappa shape index (κ2) is 8.55. The summed E-state index contributed by atoms with van der Waals surface area (Å²) in [5, 5.41) is 4.06. The second-order valence-corrected chi connectivity index (χ2v) is 6.54. The van der Waals surface area contributed by atoms with Crippen LogP contribution in [-0.2, 0) is 4.79 Å². The molecule has 0 spiro atoms. The number of nitrogens with one attached hydrogen (secondary N) is 2. The van der Waals surface area contributed by atoms with Crippen molar-refractivity contribution in [3.05, 3.63) is 76.9 Å². The molecule has 1 aromatic heterocycles. The molecule has 0 unspecified atom stereocenters. The number of para-hydroxylation sites is 1. The zero-order valence-electron chi connectivity index (χ0n) is 16.3. The summed E-state index contributed by atoms with van der Waals surface area (Å²) in [6.45, 7) is 5.32. The largest absolute Gasteiger partial charge is 0.484 e. The summed E-state index contributed by atoms with van der Waals surface area (Å²) in [6.07, 6.45) is 1.31. The van der Waals surface area contributed by atoms with Crippen molar-refractivity contribution in [2.24, 2.45) is 0 Å². The highest BCUT2D eigenvalue weighted by atomic mass is 19.1. The van der Waals surface area contributed by atoms with Gasteiger partial charge in [-0.25, -0.2) is 9.07 Å². The number of aryl methyl sites for hydroxylation is 2. The lowest BCUT2D eigenvalue weighted by molar-refractivity contribution is -0.123. The molecule has 3 aromatic rings. The molecule has 0 aliphatic carbocycles. The van der Waals surface area contributed by atoms with E-state index in [9.17, 15) is 14.0 Å². The molecule has 3 rings (SSSR count). The Balaban J connectivity index is 1.57. The van der Waals surface area contributed by atoms with Crippen molar-refractivity contribution >= 4 is 11.8 Å². The van der Waals surface area contributed by atoms with Gasteiger partial charge in [-0.05, 0) is 56.2 Å². The van der Waals surface area contributed by atoms with Crippen LogP contribution in [0.1, 0.15) is 27.2 Å². The van der Waals surface area contributed by atoms with Crippen LogP contribution < -0.4 is 15.6 Å². The number of ether oxygens (including phenoxy) is 1. The maximum absolute atomic E-state index is 14.0. The molecule has 2 aromatic carbocycles. The minimum absolute atomic E-state index is 0.212. The van der Waals surface area contributed by atoms with Crippen LogP contribution in [-0.4, -0.2) is 28.2 Å². The van der Waals surface area contributed by atoms with Gasteiger partial charge < -0.3 is 4.74 Å². The predicted molar refractivity (Wildman–Crippen MR) is 105 cm³/mol. The lowest BCUT2D eigenvalue weighted by Crippen LogP contribution is -2.44. The molecule has 2 amide bonds. The Morgan fingerprint density at radius 1 is 1.07 bits per heavy atom. The van der Waals surface area contributed by atoms with E-state index in [1.807, 2.05) is 26.0 Å². The summed E-state index contributed by atoms with van der Waals surface area (Å²) in [5.41, 5.74) is 7.66. The van der Waals surface area contributed by atoms with Crippen LogP contribution in [0.25, 0.3) is 5.69 Å².